The van der Waals surface area contributed by atoms with Crippen LogP contribution in [0, 0.1) is 0 Å². The Labute approximate surface area is 295 Å². The van der Waals surface area contributed by atoms with Crippen molar-refractivity contribution in [2.45, 2.75) is 0 Å². The summed E-state index contributed by atoms with van der Waals surface area (Å²) < 4.78 is 2.42. The second kappa shape index (κ2) is 11.9. The molecule has 8 aromatic carbocycles. The molecule has 0 fully saturated rings. The van der Waals surface area contributed by atoms with Gasteiger partial charge >= 0.3 is 0 Å². The Morgan fingerprint density at radius 3 is 1.27 bits per heavy atom. The van der Waals surface area contributed by atoms with Gasteiger partial charge in [-0.1, -0.05) is 158 Å². The van der Waals surface area contributed by atoms with E-state index in [-0.39, 0.29) is 0 Å². The Hall–Kier alpha value is -6.91. The summed E-state index contributed by atoms with van der Waals surface area (Å²) in [5.74, 6) is 1.96. The quantitative estimate of drug-likeness (QED) is 0.186. The van der Waals surface area contributed by atoms with Gasteiger partial charge in [0, 0.05) is 33.2 Å². The molecule has 0 radical (unpaired) electrons. The second-order valence-corrected chi connectivity index (χ2v) is 12.9. The topological polar surface area (TPSA) is 43.6 Å². The predicted octanol–water partition coefficient (Wildman–Crippen LogP) is 11.9. The summed E-state index contributed by atoms with van der Waals surface area (Å²) in [4.78, 5) is 14.7. The van der Waals surface area contributed by atoms with Crippen LogP contribution in [0.25, 0.3) is 94.3 Å². The molecular weight excluding hydrogens is 621 g/mol. The van der Waals surface area contributed by atoms with Crippen LogP contribution in [-0.2, 0) is 0 Å². The molecule has 0 atom stereocenters. The van der Waals surface area contributed by atoms with Crippen LogP contribution in [0.15, 0.2) is 182 Å². The maximum absolute atomic E-state index is 4.93. The van der Waals surface area contributed by atoms with E-state index in [9.17, 15) is 0 Å². The highest BCUT2D eigenvalue weighted by Crippen LogP contribution is 2.41. The molecule has 238 valence electrons. The van der Waals surface area contributed by atoms with Crippen LogP contribution >= 0.6 is 0 Å². The molecule has 10 rings (SSSR count). The van der Waals surface area contributed by atoms with Gasteiger partial charge in [0.15, 0.2) is 17.5 Å². The Balaban J connectivity index is 1.09. The van der Waals surface area contributed by atoms with Gasteiger partial charge in [-0.2, -0.15) is 0 Å². The molecule has 4 heteroatoms. The fraction of sp³-hybridized carbons (Fsp3) is 0. The largest absolute Gasteiger partial charge is 0.309 e. The molecule has 2 heterocycles. The van der Waals surface area contributed by atoms with Gasteiger partial charge in [-0.05, 0) is 56.9 Å². The van der Waals surface area contributed by atoms with E-state index in [0.29, 0.717) is 17.5 Å². The molecule has 0 bridgehead atoms. The van der Waals surface area contributed by atoms with Crippen molar-refractivity contribution in [2.75, 3.05) is 0 Å². The van der Waals surface area contributed by atoms with Crippen LogP contribution < -0.4 is 0 Å². The molecule has 0 saturated heterocycles. The molecule has 4 nitrogen and oxygen atoms in total. The van der Waals surface area contributed by atoms with Crippen molar-refractivity contribution in [1.82, 2.24) is 19.5 Å². The highest BCUT2D eigenvalue weighted by Gasteiger charge is 2.18. The Bertz CT molecular complexity index is 2740. The van der Waals surface area contributed by atoms with E-state index < -0.39 is 0 Å². The summed E-state index contributed by atoms with van der Waals surface area (Å²) >= 11 is 0. The average Bonchev–Trinajstić information content (AvgIpc) is 3.57. The lowest BCUT2D eigenvalue weighted by Gasteiger charge is -2.12. The third-order valence-electron chi connectivity index (χ3n) is 9.83. The maximum atomic E-state index is 4.93. The lowest BCUT2D eigenvalue weighted by molar-refractivity contribution is 1.07. The maximum Gasteiger partial charge on any atom is 0.164 e. The van der Waals surface area contributed by atoms with Gasteiger partial charge in [0.05, 0.1) is 11.0 Å². The molecule has 0 unspecified atom stereocenters. The van der Waals surface area contributed by atoms with Crippen LogP contribution in [0.3, 0.4) is 0 Å². The van der Waals surface area contributed by atoms with Crippen LogP contribution in [-0.4, -0.2) is 19.5 Å². The first-order valence-electron chi connectivity index (χ1n) is 17.2. The average molecular weight is 651 g/mol. The molecule has 0 aliphatic heterocycles. The molecule has 2 aromatic heterocycles. The standard InChI is InChI=1S/C47H30N4/c1-3-14-34(15-4-1)45-48-46(35-16-5-2-6-17-35)50-47(49-45)36-24-22-31(23-25-36)37-18-11-19-38(30-37)51-41-28-26-32-12-7-9-20-39(32)43(41)44-40-21-10-8-13-33(40)27-29-42(44)51/h1-30H. The SMILES string of the molecule is c1ccc(-c2nc(-c3ccccc3)nc(-c3ccc(-c4cccc(-n5c6ccc7ccccc7c6c6c7ccccc7ccc65)c4)cc3)n2)cc1. The Morgan fingerprint density at radius 2 is 0.745 bits per heavy atom. The first-order valence-corrected chi connectivity index (χ1v) is 17.2. The zero-order chi connectivity index (χ0) is 33.7. The first kappa shape index (κ1) is 29.0. The van der Waals surface area contributed by atoms with E-state index in [1.807, 2.05) is 60.7 Å². The van der Waals surface area contributed by atoms with E-state index in [2.05, 4.69) is 126 Å². The van der Waals surface area contributed by atoms with Crippen LogP contribution in [0.1, 0.15) is 0 Å². The van der Waals surface area contributed by atoms with Crippen molar-refractivity contribution in [3.8, 4) is 51.0 Å². The van der Waals surface area contributed by atoms with Crippen molar-refractivity contribution in [3.05, 3.63) is 182 Å². The monoisotopic (exact) mass is 650 g/mol. The molecule has 0 spiro atoms. The van der Waals surface area contributed by atoms with Crippen LogP contribution in [0.5, 0.6) is 0 Å². The summed E-state index contributed by atoms with van der Waals surface area (Å²) in [5, 5.41) is 7.61. The molecule has 0 amide bonds. The highest BCUT2D eigenvalue weighted by atomic mass is 15.0. The van der Waals surface area contributed by atoms with Crippen molar-refractivity contribution in [2.24, 2.45) is 0 Å². The van der Waals surface area contributed by atoms with Crippen molar-refractivity contribution in [3.63, 3.8) is 0 Å². The summed E-state index contributed by atoms with van der Waals surface area (Å²) in [5.41, 5.74) is 8.64. The van der Waals surface area contributed by atoms with Gasteiger partial charge in [-0.3, -0.25) is 0 Å². The molecule has 0 N–H and O–H groups in total. The van der Waals surface area contributed by atoms with E-state index in [1.54, 1.807) is 0 Å². The number of aromatic nitrogens is 4. The minimum atomic E-state index is 0.646. The highest BCUT2D eigenvalue weighted by molar-refractivity contribution is 6.28. The van der Waals surface area contributed by atoms with Crippen molar-refractivity contribution >= 4 is 43.4 Å². The predicted molar refractivity (Wildman–Crippen MR) is 211 cm³/mol. The van der Waals surface area contributed by atoms with Crippen LogP contribution in [0.2, 0.25) is 0 Å². The number of nitrogens with zero attached hydrogens (tertiary/aromatic N) is 4. The number of benzene rings is 8. The molecule has 0 aliphatic rings. The van der Waals surface area contributed by atoms with E-state index >= 15 is 0 Å². The third-order valence-corrected chi connectivity index (χ3v) is 9.83. The fourth-order valence-electron chi connectivity index (χ4n) is 7.40. The zero-order valence-electron chi connectivity index (χ0n) is 27.6. The fourth-order valence-corrected chi connectivity index (χ4v) is 7.40. The van der Waals surface area contributed by atoms with Gasteiger partial charge in [0.25, 0.3) is 0 Å². The molecule has 0 aliphatic carbocycles. The normalized spacial score (nSPS) is 11.5. The lowest BCUT2D eigenvalue weighted by Crippen LogP contribution is -2.00. The Kier molecular flexibility index (Phi) is 6.78. The third kappa shape index (κ3) is 4.96. The second-order valence-electron chi connectivity index (χ2n) is 12.9. The van der Waals surface area contributed by atoms with Gasteiger partial charge in [0.2, 0.25) is 0 Å². The first-order chi connectivity index (χ1) is 25.3. The van der Waals surface area contributed by atoms with E-state index in [4.69, 9.17) is 15.0 Å². The van der Waals surface area contributed by atoms with Crippen LogP contribution in [0.4, 0.5) is 0 Å². The minimum Gasteiger partial charge on any atom is -0.309 e. The summed E-state index contributed by atoms with van der Waals surface area (Å²) in [6.07, 6.45) is 0. The molecular formula is C47H30N4. The number of hydrogen-bond acceptors (Lipinski definition) is 3. The van der Waals surface area contributed by atoms with Crippen molar-refractivity contribution in [1.29, 1.82) is 0 Å². The Morgan fingerprint density at radius 1 is 0.314 bits per heavy atom. The van der Waals surface area contributed by atoms with Gasteiger partial charge in [-0.15, -0.1) is 0 Å². The molecule has 0 saturated carbocycles. The minimum absolute atomic E-state index is 0.646. The van der Waals surface area contributed by atoms with E-state index in [1.165, 1.54) is 43.4 Å². The molecule has 10 aromatic rings. The van der Waals surface area contributed by atoms with Gasteiger partial charge < -0.3 is 4.57 Å². The number of rotatable bonds is 5. The summed E-state index contributed by atoms with van der Waals surface area (Å²) in [7, 11) is 0. The molecule has 51 heavy (non-hydrogen) atoms. The lowest BCUT2D eigenvalue weighted by atomic mass is 10.00. The summed E-state index contributed by atoms with van der Waals surface area (Å²) in [6, 6.07) is 64.0. The van der Waals surface area contributed by atoms with E-state index in [0.717, 1.165) is 33.5 Å². The van der Waals surface area contributed by atoms with Crippen molar-refractivity contribution < 1.29 is 0 Å². The number of fused-ring (bicyclic) bond motifs is 7. The van der Waals surface area contributed by atoms with Gasteiger partial charge in [0.1, 0.15) is 0 Å². The summed E-state index contributed by atoms with van der Waals surface area (Å²) in [6.45, 7) is 0. The number of hydrogen-bond donors (Lipinski definition) is 0. The smallest absolute Gasteiger partial charge is 0.164 e. The van der Waals surface area contributed by atoms with Gasteiger partial charge in [-0.25, -0.2) is 15.0 Å². The zero-order valence-corrected chi connectivity index (χ0v) is 27.6.